The van der Waals surface area contributed by atoms with Crippen LogP contribution in [0.1, 0.15) is 83.1 Å². The average Bonchev–Trinajstić information content (AvgIpc) is 2.58. The molecule has 0 radical (unpaired) electrons. The number of esters is 2. The van der Waals surface area contributed by atoms with Crippen LogP contribution in [0.25, 0.3) is 0 Å². The lowest BCUT2D eigenvalue weighted by Gasteiger charge is -2.30. The summed E-state index contributed by atoms with van der Waals surface area (Å²) >= 11 is 0. The van der Waals surface area contributed by atoms with Crippen LogP contribution in [0.5, 0.6) is 0 Å². The van der Waals surface area contributed by atoms with E-state index in [2.05, 4.69) is 0 Å². The van der Waals surface area contributed by atoms with Gasteiger partial charge in [-0.1, -0.05) is 13.8 Å². The van der Waals surface area contributed by atoms with E-state index < -0.39 is 44.0 Å². The number of carbonyl (C=O) groups excluding carboxylic acids is 2. The molecule has 0 bridgehead atoms. The summed E-state index contributed by atoms with van der Waals surface area (Å²) in [4.78, 5) is 23.7. The Labute approximate surface area is 212 Å². The van der Waals surface area contributed by atoms with Crippen LogP contribution in [0.2, 0.25) is 0 Å². The molecule has 1 unspecified atom stereocenters. The first kappa shape index (κ1) is 36.4. The third-order valence-corrected chi connectivity index (χ3v) is 8.31. The van der Waals surface area contributed by atoms with Crippen molar-refractivity contribution < 1.29 is 46.3 Å². The average molecular weight is 547 g/mol. The fraction of sp³-hybridized carbons (Fsp3) is 0.913. The second-order valence-corrected chi connectivity index (χ2v) is 14.0. The molecule has 210 valence electrons. The molecule has 1 atom stereocenters. The van der Waals surface area contributed by atoms with Crippen LogP contribution in [0.3, 0.4) is 0 Å². The zero-order chi connectivity index (χ0) is 28.1. The smallest absolute Gasteiger partial charge is 0.345 e. The molecule has 0 rings (SSSR count). The second kappa shape index (κ2) is 16.2. The summed E-state index contributed by atoms with van der Waals surface area (Å²) in [7, 11) is -6.84. The number of rotatable bonds is 13. The molecule has 10 nitrogen and oxygen atoms in total. The van der Waals surface area contributed by atoms with E-state index in [-0.39, 0.29) is 38.5 Å². The van der Waals surface area contributed by atoms with Crippen LogP contribution < -0.4 is 0 Å². The zero-order valence-electron chi connectivity index (χ0n) is 23.7. The SMILES string of the molecule is CCOP(=O)(CC(=O)OC(C)(C)C)OCC.CCOP(=O)(OCC)C(C(=O)OC(C)(C)C)C(C)C. The van der Waals surface area contributed by atoms with Gasteiger partial charge in [0, 0.05) is 0 Å². The van der Waals surface area contributed by atoms with E-state index in [0.29, 0.717) is 0 Å². The lowest BCUT2D eigenvalue weighted by Crippen LogP contribution is -2.35. The maximum Gasteiger partial charge on any atom is 0.345 e. The molecule has 0 heterocycles. The van der Waals surface area contributed by atoms with Gasteiger partial charge >= 0.3 is 27.1 Å². The Morgan fingerprint density at radius 2 is 1.06 bits per heavy atom. The first-order valence-electron chi connectivity index (χ1n) is 12.0. The standard InChI is InChI=1S/C13H27O5P.C10H21O5P/c1-8-16-19(15,17-9-2)11(10(3)4)12(14)18-13(5,6)7;1-6-13-16(12,14-7-2)8-9(11)15-10(3,4)5/h10-11H,8-9H2,1-7H3;6-8H2,1-5H3. The summed E-state index contributed by atoms with van der Waals surface area (Å²) in [6.45, 7) is 21.9. The third-order valence-electron chi connectivity index (χ3n) is 3.63. The highest BCUT2D eigenvalue weighted by molar-refractivity contribution is 7.55. The molecular weight excluding hydrogens is 498 g/mol. The Bertz CT molecular complexity index is 703. The van der Waals surface area contributed by atoms with Crippen LogP contribution in [0.4, 0.5) is 0 Å². The van der Waals surface area contributed by atoms with Crippen molar-refractivity contribution in [1.29, 1.82) is 0 Å². The van der Waals surface area contributed by atoms with E-state index >= 15 is 0 Å². The predicted molar refractivity (Wildman–Crippen MR) is 137 cm³/mol. The van der Waals surface area contributed by atoms with Crippen molar-refractivity contribution in [3.8, 4) is 0 Å². The fourth-order valence-corrected chi connectivity index (χ4v) is 6.32. The third kappa shape index (κ3) is 16.6. The van der Waals surface area contributed by atoms with Crippen molar-refractivity contribution in [2.45, 2.75) is 99.9 Å². The van der Waals surface area contributed by atoms with E-state index in [9.17, 15) is 18.7 Å². The van der Waals surface area contributed by atoms with Gasteiger partial charge < -0.3 is 27.6 Å². The van der Waals surface area contributed by atoms with E-state index in [1.54, 1.807) is 83.1 Å². The first-order chi connectivity index (χ1) is 15.8. The van der Waals surface area contributed by atoms with Crippen molar-refractivity contribution >= 4 is 27.1 Å². The van der Waals surface area contributed by atoms with Crippen molar-refractivity contribution in [3.05, 3.63) is 0 Å². The number of ether oxygens (including phenoxy) is 2. The van der Waals surface area contributed by atoms with Gasteiger partial charge in [-0.05, 0) is 75.2 Å². The molecule has 0 saturated heterocycles. The van der Waals surface area contributed by atoms with Crippen molar-refractivity contribution in [2.24, 2.45) is 5.92 Å². The van der Waals surface area contributed by atoms with E-state index in [1.165, 1.54) is 0 Å². The lowest BCUT2D eigenvalue weighted by molar-refractivity contribution is -0.156. The highest BCUT2D eigenvalue weighted by Gasteiger charge is 2.45. The number of carbonyl (C=O) groups is 2. The fourth-order valence-electron chi connectivity index (χ4n) is 2.74. The van der Waals surface area contributed by atoms with Gasteiger partial charge in [0.15, 0.2) is 5.66 Å². The Kier molecular flexibility index (Phi) is 16.8. The summed E-state index contributed by atoms with van der Waals surface area (Å²) < 4.78 is 55.6. The highest BCUT2D eigenvalue weighted by atomic mass is 31.2. The minimum Gasteiger partial charge on any atom is -0.459 e. The van der Waals surface area contributed by atoms with Gasteiger partial charge in [-0.2, -0.15) is 0 Å². The Morgan fingerprint density at radius 1 is 0.686 bits per heavy atom. The summed E-state index contributed by atoms with van der Waals surface area (Å²) in [5.41, 5.74) is -2.12. The van der Waals surface area contributed by atoms with Gasteiger partial charge in [0.25, 0.3) is 0 Å². The molecule has 0 aromatic carbocycles. The quantitative estimate of drug-likeness (QED) is 0.194. The van der Waals surface area contributed by atoms with E-state index in [1.807, 2.05) is 0 Å². The van der Waals surface area contributed by atoms with Gasteiger partial charge in [0.1, 0.15) is 17.4 Å². The van der Waals surface area contributed by atoms with Gasteiger partial charge in [-0.3, -0.25) is 18.7 Å². The maximum absolute atomic E-state index is 12.7. The maximum atomic E-state index is 12.7. The molecule has 0 amide bonds. The molecule has 12 heteroatoms. The van der Waals surface area contributed by atoms with Crippen LogP contribution in [-0.4, -0.2) is 61.4 Å². The molecule has 0 aliphatic heterocycles. The monoisotopic (exact) mass is 546 g/mol. The lowest BCUT2D eigenvalue weighted by atomic mass is 10.1. The summed E-state index contributed by atoms with van der Waals surface area (Å²) in [6, 6.07) is 0. The largest absolute Gasteiger partial charge is 0.459 e. The molecule has 0 saturated carbocycles. The molecule has 0 aromatic heterocycles. The van der Waals surface area contributed by atoms with Crippen LogP contribution in [-0.2, 0) is 46.3 Å². The molecule has 0 fully saturated rings. The highest BCUT2D eigenvalue weighted by Crippen LogP contribution is 2.56. The first-order valence-corrected chi connectivity index (χ1v) is 15.3. The Balaban J connectivity index is 0. The van der Waals surface area contributed by atoms with Gasteiger partial charge in [0.05, 0.1) is 26.4 Å². The molecular formula is C23H48O10P2. The van der Waals surface area contributed by atoms with Gasteiger partial charge in [-0.15, -0.1) is 0 Å². The molecule has 35 heavy (non-hydrogen) atoms. The normalized spacial score (nSPS) is 13.6. The van der Waals surface area contributed by atoms with Crippen LogP contribution >= 0.6 is 15.2 Å². The topological polar surface area (TPSA) is 124 Å². The Hall–Kier alpha value is -0.760. The minimum absolute atomic E-state index is 0.196. The zero-order valence-corrected chi connectivity index (χ0v) is 25.5. The Morgan fingerprint density at radius 3 is 1.34 bits per heavy atom. The van der Waals surface area contributed by atoms with Crippen LogP contribution in [0, 0.1) is 5.92 Å². The summed E-state index contributed by atoms with van der Waals surface area (Å²) in [5, 5.41) is 0. The van der Waals surface area contributed by atoms with Crippen LogP contribution in [0.15, 0.2) is 0 Å². The molecule has 0 aliphatic carbocycles. The molecule has 0 N–H and O–H groups in total. The molecule has 0 aliphatic rings. The minimum atomic E-state index is -3.50. The van der Waals surface area contributed by atoms with Crippen molar-refractivity contribution in [2.75, 3.05) is 32.6 Å². The molecule has 0 aromatic rings. The second-order valence-electron chi connectivity index (χ2n) is 9.79. The van der Waals surface area contributed by atoms with Crippen molar-refractivity contribution in [3.63, 3.8) is 0 Å². The van der Waals surface area contributed by atoms with E-state index in [0.717, 1.165) is 0 Å². The molecule has 0 spiro atoms. The summed E-state index contributed by atoms with van der Waals surface area (Å²) in [5.74, 6) is -1.30. The summed E-state index contributed by atoms with van der Waals surface area (Å²) in [6.07, 6.45) is -0.341. The van der Waals surface area contributed by atoms with Gasteiger partial charge in [0.2, 0.25) is 0 Å². The van der Waals surface area contributed by atoms with Gasteiger partial charge in [-0.25, -0.2) is 0 Å². The number of hydrogen-bond acceptors (Lipinski definition) is 10. The number of hydrogen-bond donors (Lipinski definition) is 0. The predicted octanol–water partition coefficient (Wildman–Crippen LogP) is 6.21. The van der Waals surface area contributed by atoms with Crippen molar-refractivity contribution in [1.82, 2.24) is 0 Å². The van der Waals surface area contributed by atoms with E-state index in [4.69, 9.17) is 27.6 Å².